The average molecular weight is 301 g/mol. The van der Waals surface area contributed by atoms with Gasteiger partial charge in [-0.15, -0.1) is 0 Å². The summed E-state index contributed by atoms with van der Waals surface area (Å²) in [5, 5.41) is 18.7. The Morgan fingerprint density at radius 1 is 1.35 bits per heavy atom. The number of carboxylic acids is 2. The van der Waals surface area contributed by atoms with Crippen molar-refractivity contribution < 1.29 is 24.5 Å². The Hall–Kier alpha value is -1.49. The van der Waals surface area contributed by atoms with Crippen molar-refractivity contribution in [2.75, 3.05) is 0 Å². The second kappa shape index (κ2) is 5.48. The molecule has 1 heterocycles. The van der Waals surface area contributed by atoms with Crippen molar-refractivity contribution in [3.8, 4) is 0 Å². The molecule has 0 saturated carbocycles. The lowest BCUT2D eigenvalue weighted by atomic mass is 9.84. The van der Waals surface area contributed by atoms with Crippen LogP contribution in [0.25, 0.3) is 0 Å². The standard InChI is InChI=1S/C14H17ClO5/c1-2-3-4-5-6-8-7-9(12(16)17)14(13(18)19)11(20-14)10(8)15/h7,9H,2-6H2,1H3,(H,16,17)(H,18,19). The van der Waals surface area contributed by atoms with Crippen molar-refractivity contribution in [3.63, 3.8) is 0 Å². The van der Waals surface area contributed by atoms with E-state index in [2.05, 4.69) is 6.92 Å². The summed E-state index contributed by atoms with van der Waals surface area (Å²) >= 11 is 6.12. The first kappa shape index (κ1) is 14.9. The first-order valence-corrected chi connectivity index (χ1v) is 7.09. The molecule has 2 rings (SSSR count). The SMILES string of the molecule is CCCCCCC1=CC(C(=O)O)C2(C(=O)O)OC2=C1Cl. The molecule has 0 aromatic carbocycles. The normalized spacial score (nSPS) is 27.5. The molecule has 0 aromatic heterocycles. The molecule has 0 bridgehead atoms. The van der Waals surface area contributed by atoms with Gasteiger partial charge in [-0.2, -0.15) is 0 Å². The summed E-state index contributed by atoms with van der Waals surface area (Å²) in [6, 6.07) is 0. The van der Waals surface area contributed by atoms with Crippen molar-refractivity contribution in [1.82, 2.24) is 0 Å². The second-order valence-electron chi connectivity index (χ2n) is 5.10. The molecule has 0 radical (unpaired) electrons. The van der Waals surface area contributed by atoms with Crippen LogP contribution in [0.4, 0.5) is 0 Å². The molecule has 110 valence electrons. The summed E-state index contributed by atoms with van der Waals surface area (Å²) < 4.78 is 5.09. The Bertz CT molecular complexity index is 508. The number of epoxide rings is 1. The predicted molar refractivity (Wildman–Crippen MR) is 72.3 cm³/mol. The molecule has 2 unspecified atom stereocenters. The summed E-state index contributed by atoms with van der Waals surface area (Å²) in [4.78, 5) is 22.5. The molecule has 2 atom stereocenters. The molecule has 1 saturated heterocycles. The van der Waals surface area contributed by atoms with E-state index in [0.29, 0.717) is 12.0 Å². The number of aliphatic carboxylic acids is 2. The molecule has 0 aromatic rings. The fraction of sp³-hybridized carbons (Fsp3) is 0.571. The first-order valence-electron chi connectivity index (χ1n) is 6.71. The number of unbranched alkanes of at least 4 members (excludes halogenated alkanes) is 3. The van der Waals surface area contributed by atoms with Gasteiger partial charge in [-0.1, -0.05) is 43.9 Å². The first-order chi connectivity index (χ1) is 9.45. The van der Waals surface area contributed by atoms with E-state index in [9.17, 15) is 19.8 Å². The average Bonchev–Trinajstić information content (AvgIpc) is 3.14. The molecular weight excluding hydrogens is 284 g/mol. The van der Waals surface area contributed by atoms with Crippen molar-refractivity contribution in [2.24, 2.45) is 5.92 Å². The molecule has 1 fully saturated rings. The van der Waals surface area contributed by atoms with Crippen molar-refractivity contribution >= 4 is 23.5 Å². The molecule has 5 nitrogen and oxygen atoms in total. The molecule has 6 heteroatoms. The van der Waals surface area contributed by atoms with Gasteiger partial charge in [0.1, 0.15) is 5.92 Å². The van der Waals surface area contributed by atoms with E-state index in [1.165, 1.54) is 6.08 Å². The molecule has 1 aliphatic heterocycles. The number of halogens is 1. The van der Waals surface area contributed by atoms with Crippen LogP contribution in [0.2, 0.25) is 0 Å². The predicted octanol–water partition coefficient (Wildman–Crippen LogP) is 2.90. The van der Waals surface area contributed by atoms with Gasteiger partial charge in [0.25, 0.3) is 5.60 Å². The summed E-state index contributed by atoms with van der Waals surface area (Å²) in [6.45, 7) is 2.11. The highest BCUT2D eigenvalue weighted by molar-refractivity contribution is 6.33. The highest BCUT2D eigenvalue weighted by Crippen LogP contribution is 2.55. The van der Waals surface area contributed by atoms with Gasteiger partial charge in [-0.25, -0.2) is 4.79 Å². The Balaban J connectivity index is 2.17. The van der Waals surface area contributed by atoms with Gasteiger partial charge in [0.2, 0.25) is 0 Å². The van der Waals surface area contributed by atoms with Gasteiger partial charge in [0, 0.05) is 0 Å². The third-order valence-electron chi connectivity index (χ3n) is 3.73. The quantitative estimate of drug-likeness (QED) is 0.557. The van der Waals surface area contributed by atoms with Gasteiger partial charge in [0.15, 0.2) is 5.76 Å². The van der Waals surface area contributed by atoms with E-state index in [1.54, 1.807) is 0 Å². The summed E-state index contributed by atoms with van der Waals surface area (Å²) in [5.41, 5.74) is -1.10. The number of carbonyl (C=O) groups is 2. The summed E-state index contributed by atoms with van der Waals surface area (Å²) in [7, 11) is 0. The molecular formula is C14H17ClO5. The van der Waals surface area contributed by atoms with Crippen LogP contribution in [0.3, 0.4) is 0 Å². The molecule has 0 spiro atoms. The van der Waals surface area contributed by atoms with Gasteiger partial charge in [-0.3, -0.25) is 4.79 Å². The van der Waals surface area contributed by atoms with E-state index in [0.717, 1.165) is 25.7 Å². The third kappa shape index (κ3) is 2.30. The highest BCUT2D eigenvalue weighted by atomic mass is 35.5. The molecule has 2 N–H and O–H groups in total. The number of hydrogen-bond donors (Lipinski definition) is 2. The van der Waals surface area contributed by atoms with Crippen molar-refractivity contribution in [3.05, 3.63) is 22.4 Å². The zero-order valence-corrected chi connectivity index (χ0v) is 11.9. The van der Waals surface area contributed by atoms with E-state index in [-0.39, 0.29) is 10.8 Å². The van der Waals surface area contributed by atoms with Crippen LogP contribution in [0, 0.1) is 5.92 Å². The molecule has 2 aliphatic rings. The maximum atomic E-state index is 11.3. The summed E-state index contributed by atoms with van der Waals surface area (Å²) in [5.74, 6) is -3.64. The minimum Gasteiger partial charge on any atom is -0.481 e. The molecule has 20 heavy (non-hydrogen) atoms. The Kier molecular flexibility index (Phi) is 4.09. The van der Waals surface area contributed by atoms with Crippen LogP contribution in [-0.4, -0.2) is 27.8 Å². The van der Waals surface area contributed by atoms with Crippen LogP contribution >= 0.6 is 11.6 Å². The number of ether oxygens (including phenoxy) is 1. The van der Waals surface area contributed by atoms with Gasteiger partial charge in [0.05, 0.1) is 5.03 Å². The fourth-order valence-electron chi connectivity index (χ4n) is 2.54. The van der Waals surface area contributed by atoms with Crippen LogP contribution < -0.4 is 0 Å². The summed E-state index contributed by atoms with van der Waals surface area (Å²) in [6.07, 6.45) is 6.23. The van der Waals surface area contributed by atoms with Gasteiger partial charge < -0.3 is 14.9 Å². The third-order valence-corrected chi connectivity index (χ3v) is 4.14. The molecule has 0 amide bonds. The van der Waals surface area contributed by atoms with E-state index in [1.807, 2.05) is 0 Å². The van der Waals surface area contributed by atoms with Crippen molar-refractivity contribution in [1.29, 1.82) is 0 Å². The maximum Gasteiger partial charge on any atom is 0.357 e. The Labute approximate surface area is 121 Å². The number of hydrogen-bond acceptors (Lipinski definition) is 3. The Morgan fingerprint density at radius 2 is 2.05 bits per heavy atom. The number of carboxylic acid groups (broad SMARTS) is 2. The highest BCUT2D eigenvalue weighted by Gasteiger charge is 2.70. The topological polar surface area (TPSA) is 87.1 Å². The van der Waals surface area contributed by atoms with E-state index < -0.39 is 23.5 Å². The van der Waals surface area contributed by atoms with Crippen LogP contribution in [0.5, 0.6) is 0 Å². The fourth-order valence-corrected chi connectivity index (χ4v) is 2.88. The monoisotopic (exact) mass is 300 g/mol. The lowest BCUT2D eigenvalue weighted by molar-refractivity contribution is -0.153. The van der Waals surface area contributed by atoms with Crippen LogP contribution in [0.1, 0.15) is 39.0 Å². The van der Waals surface area contributed by atoms with E-state index >= 15 is 0 Å². The lowest BCUT2D eigenvalue weighted by Crippen LogP contribution is -2.38. The Morgan fingerprint density at radius 3 is 2.60 bits per heavy atom. The number of fused-ring (bicyclic) bond motifs is 1. The van der Waals surface area contributed by atoms with Crippen LogP contribution in [-0.2, 0) is 14.3 Å². The largest absolute Gasteiger partial charge is 0.481 e. The van der Waals surface area contributed by atoms with Crippen molar-refractivity contribution in [2.45, 2.75) is 44.6 Å². The lowest BCUT2D eigenvalue weighted by Gasteiger charge is -2.17. The van der Waals surface area contributed by atoms with Gasteiger partial charge >= 0.3 is 11.9 Å². The van der Waals surface area contributed by atoms with Gasteiger partial charge in [-0.05, 0) is 18.4 Å². The number of allylic oxidation sites excluding steroid dienone is 2. The van der Waals surface area contributed by atoms with Crippen LogP contribution in [0.15, 0.2) is 22.4 Å². The zero-order chi connectivity index (χ0) is 14.9. The minimum absolute atomic E-state index is 0.0899. The zero-order valence-electron chi connectivity index (χ0n) is 11.2. The van der Waals surface area contributed by atoms with E-state index in [4.69, 9.17) is 16.3 Å². The maximum absolute atomic E-state index is 11.3. The minimum atomic E-state index is -1.78. The second-order valence-corrected chi connectivity index (χ2v) is 5.48. The molecule has 1 aliphatic carbocycles. The smallest absolute Gasteiger partial charge is 0.357 e. The number of rotatable bonds is 7.